The Bertz CT molecular complexity index is 630. The van der Waals surface area contributed by atoms with Crippen molar-refractivity contribution < 1.29 is 13.6 Å². The van der Waals surface area contributed by atoms with Crippen molar-refractivity contribution in [3.05, 3.63) is 29.3 Å². The number of aryl methyl sites for hydroxylation is 2. The van der Waals surface area contributed by atoms with E-state index < -0.39 is 0 Å². The Morgan fingerprint density at radius 3 is 2.20 bits per heavy atom. The lowest BCUT2D eigenvalue weighted by molar-refractivity contribution is -1.04. The standard InChI is InChI=1S/C17H26N3/c1-12-8-7-9-13(2)16(12)19-15(4)14(3)18-10-11-20(5,6)17(18)19/h7-9,17H,10-11H2,1-6H3/q+3. The maximum absolute atomic E-state index is 2.57. The third kappa shape index (κ3) is 1.69. The molecule has 3 nitrogen and oxygen atoms in total. The van der Waals surface area contributed by atoms with Crippen LogP contribution in [0.4, 0.5) is 5.69 Å². The van der Waals surface area contributed by atoms with Gasteiger partial charge < -0.3 is 0 Å². The summed E-state index contributed by atoms with van der Waals surface area (Å²) in [5.74, 6) is 0. The second kappa shape index (κ2) is 4.26. The average molecular weight is 272 g/mol. The molecule has 1 atom stereocenters. The molecular weight excluding hydrogens is 246 g/mol. The van der Waals surface area contributed by atoms with Crippen molar-refractivity contribution in [1.29, 1.82) is 0 Å². The molecule has 2 aliphatic heterocycles. The molecule has 0 N–H and O–H groups in total. The third-order valence-electron chi connectivity index (χ3n) is 5.05. The smallest absolute Gasteiger partial charge is 0.205 e. The number of rotatable bonds is 1. The van der Waals surface area contributed by atoms with E-state index in [4.69, 9.17) is 0 Å². The molecular formula is C17H26N3+3. The van der Waals surface area contributed by atoms with E-state index >= 15 is 0 Å². The van der Waals surface area contributed by atoms with Crippen LogP contribution < -0.4 is 0 Å². The van der Waals surface area contributed by atoms with Gasteiger partial charge in [0.1, 0.15) is 6.54 Å². The van der Waals surface area contributed by atoms with E-state index in [1.807, 2.05) is 0 Å². The lowest BCUT2D eigenvalue weighted by atomic mass is 10.1. The highest BCUT2D eigenvalue weighted by Crippen LogP contribution is 2.32. The minimum atomic E-state index is 0.412. The highest BCUT2D eigenvalue weighted by molar-refractivity contribution is 6.37. The van der Waals surface area contributed by atoms with E-state index in [1.165, 1.54) is 34.8 Å². The summed E-state index contributed by atoms with van der Waals surface area (Å²) in [5.41, 5.74) is 6.96. The molecule has 2 aliphatic rings. The number of para-hydroxylation sites is 1. The predicted octanol–water partition coefficient (Wildman–Crippen LogP) is 2.27. The van der Waals surface area contributed by atoms with Crippen molar-refractivity contribution in [1.82, 2.24) is 0 Å². The Labute approximate surface area is 122 Å². The fourth-order valence-corrected chi connectivity index (χ4v) is 3.79. The molecule has 20 heavy (non-hydrogen) atoms. The van der Waals surface area contributed by atoms with Crippen LogP contribution in [0.15, 0.2) is 18.2 Å². The number of hydrogen-bond acceptors (Lipinski definition) is 0. The van der Waals surface area contributed by atoms with Crippen molar-refractivity contribution in [3.8, 4) is 0 Å². The number of benzene rings is 1. The molecule has 1 fully saturated rings. The van der Waals surface area contributed by atoms with Crippen molar-refractivity contribution in [2.45, 2.75) is 34.0 Å². The number of likely N-dealkylation sites (N-methyl/N-ethyl adjacent to an activating group) is 1. The number of quaternary nitrogens is 1. The molecule has 0 spiro atoms. The minimum absolute atomic E-state index is 0.412. The zero-order chi connectivity index (χ0) is 14.7. The summed E-state index contributed by atoms with van der Waals surface area (Å²) in [6, 6.07) is 6.60. The fourth-order valence-electron chi connectivity index (χ4n) is 3.79. The zero-order valence-electron chi connectivity index (χ0n) is 13.6. The molecule has 1 saturated heterocycles. The van der Waals surface area contributed by atoms with Crippen LogP contribution in [0.1, 0.15) is 25.0 Å². The molecule has 0 aromatic heterocycles. The molecule has 1 unspecified atom stereocenters. The number of fused-ring (bicyclic) bond motifs is 1. The first kappa shape index (κ1) is 13.5. The number of hydrogen-bond donors (Lipinski definition) is 0. The van der Waals surface area contributed by atoms with E-state index in [2.05, 4.69) is 69.1 Å². The number of nitrogens with zero attached hydrogens (tertiary/aromatic N) is 3. The molecule has 2 heterocycles. The van der Waals surface area contributed by atoms with Crippen LogP contribution in [-0.4, -0.2) is 58.5 Å². The van der Waals surface area contributed by atoms with E-state index in [0.717, 1.165) is 11.0 Å². The van der Waals surface area contributed by atoms with Gasteiger partial charge in [-0.1, -0.05) is 22.8 Å². The molecule has 1 aromatic rings. The molecule has 0 saturated carbocycles. The Morgan fingerprint density at radius 2 is 1.60 bits per heavy atom. The van der Waals surface area contributed by atoms with Gasteiger partial charge in [0.05, 0.1) is 14.1 Å². The minimum Gasteiger partial charge on any atom is -0.205 e. The first-order valence-electron chi connectivity index (χ1n) is 7.47. The topological polar surface area (TPSA) is 6.02 Å². The second-order valence-corrected chi connectivity index (χ2v) is 6.82. The highest BCUT2D eigenvalue weighted by atomic mass is 15.6. The van der Waals surface area contributed by atoms with Crippen LogP contribution in [0, 0.1) is 13.8 Å². The largest absolute Gasteiger partial charge is 0.479 e. The van der Waals surface area contributed by atoms with E-state index in [9.17, 15) is 0 Å². The zero-order valence-corrected chi connectivity index (χ0v) is 13.6. The first-order chi connectivity index (χ1) is 9.34. The monoisotopic (exact) mass is 272 g/mol. The quantitative estimate of drug-likeness (QED) is 0.546. The SMILES string of the molecule is CC1=[N+]2CC[N+](C)(C)C2[N+](c2c(C)cccc2C)=C1C. The van der Waals surface area contributed by atoms with Crippen LogP contribution in [0.25, 0.3) is 0 Å². The molecule has 1 aromatic carbocycles. The third-order valence-corrected chi connectivity index (χ3v) is 5.05. The van der Waals surface area contributed by atoms with Crippen LogP contribution in [-0.2, 0) is 0 Å². The second-order valence-electron chi connectivity index (χ2n) is 6.82. The summed E-state index contributed by atoms with van der Waals surface area (Å²) in [6.45, 7) is 11.3. The van der Waals surface area contributed by atoms with Gasteiger partial charge in [0.25, 0.3) is 11.4 Å². The summed E-state index contributed by atoms with van der Waals surface area (Å²) in [5, 5.41) is 0. The van der Waals surface area contributed by atoms with Gasteiger partial charge in [-0.05, 0) is 13.8 Å². The maximum atomic E-state index is 2.57. The van der Waals surface area contributed by atoms with Crippen LogP contribution >= 0.6 is 0 Å². The highest BCUT2D eigenvalue weighted by Gasteiger charge is 2.60. The van der Waals surface area contributed by atoms with Crippen LogP contribution in [0.2, 0.25) is 0 Å². The Hall–Kier alpha value is -1.48. The molecule has 0 aliphatic carbocycles. The van der Waals surface area contributed by atoms with Gasteiger partial charge in [0.2, 0.25) is 12.2 Å². The van der Waals surface area contributed by atoms with Crippen LogP contribution in [0.3, 0.4) is 0 Å². The average Bonchev–Trinajstić information content (AvgIpc) is 2.80. The van der Waals surface area contributed by atoms with Gasteiger partial charge >= 0.3 is 6.29 Å². The maximum Gasteiger partial charge on any atom is 0.479 e. The summed E-state index contributed by atoms with van der Waals surface area (Å²) in [6.07, 6.45) is 0.412. The Balaban J connectivity index is 2.24. The molecule has 0 radical (unpaired) electrons. The first-order valence-corrected chi connectivity index (χ1v) is 7.47. The molecule has 3 heteroatoms. The van der Waals surface area contributed by atoms with Crippen molar-refractivity contribution >= 4 is 17.1 Å². The lowest BCUT2D eigenvalue weighted by Gasteiger charge is -2.22. The molecule has 0 bridgehead atoms. The van der Waals surface area contributed by atoms with Crippen LogP contribution in [0.5, 0.6) is 0 Å². The van der Waals surface area contributed by atoms with E-state index in [0.29, 0.717) is 6.29 Å². The van der Waals surface area contributed by atoms with E-state index in [-0.39, 0.29) is 0 Å². The molecule has 106 valence electrons. The van der Waals surface area contributed by atoms with Gasteiger partial charge in [0, 0.05) is 25.0 Å². The van der Waals surface area contributed by atoms with Crippen molar-refractivity contribution in [2.24, 2.45) is 0 Å². The summed E-state index contributed by atoms with van der Waals surface area (Å²) >= 11 is 0. The van der Waals surface area contributed by atoms with Gasteiger partial charge in [-0.2, -0.15) is 0 Å². The molecule has 0 amide bonds. The Kier molecular flexibility index (Phi) is 2.87. The van der Waals surface area contributed by atoms with Crippen molar-refractivity contribution in [2.75, 3.05) is 27.2 Å². The van der Waals surface area contributed by atoms with Gasteiger partial charge in [0.15, 0.2) is 0 Å². The van der Waals surface area contributed by atoms with Gasteiger partial charge in [-0.3, -0.25) is 0 Å². The summed E-state index contributed by atoms with van der Waals surface area (Å²) < 4.78 is 6.16. The summed E-state index contributed by atoms with van der Waals surface area (Å²) in [7, 11) is 4.69. The summed E-state index contributed by atoms with van der Waals surface area (Å²) in [4.78, 5) is 0. The molecule has 3 rings (SSSR count). The van der Waals surface area contributed by atoms with Gasteiger partial charge in [-0.25, -0.2) is 4.48 Å². The van der Waals surface area contributed by atoms with Gasteiger partial charge in [-0.15, -0.1) is 4.58 Å². The van der Waals surface area contributed by atoms with Crippen molar-refractivity contribution in [3.63, 3.8) is 0 Å². The van der Waals surface area contributed by atoms with E-state index in [1.54, 1.807) is 0 Å². The predicted molar refractivity (Wildman–Crippen MR) is 83.1 cm³/mol. The lowest BCUT2D eigenvalue weighted by Crippen LogP contribution is -2.51. The normalized spacial score (nSPS) is 24.6. The fraction of sp³-hybridized carbons (Fsp3) is 0.529. The Morgan fingerprint density at radius 1 is 1.00 bits per heavy atom.